The predicted octanol–water partition coefficient (Wildman–Crippen LogP) is 0.588. The lowest BCUT2D eigenvalue weighted by molar-refractivity contribution is 0.118. The topological polar surface area (TPSA) is 68.0 Å². The maximum Gasteiger partial charge on any atom is 0.119 e. The van der Waals surface area contributed by atoms with Crippen molar-refractivity contribution >= 4 is 5.69 Å². The van der Waals surface area contributed by atoms with Crippen LogP contribution in [0.4, 0.5) is 5.69 Å². The first kappa shape index (κ1) is 14.8. The van der Waals surface area contributed by atoms with Crippen molar-refractivity contribution in [2.75, 3.05) is 52.3 Å². The molecule has 0 unspecified atom stereocenters. The van der Waals surface area contributed by atoms with E-state index < -0.39 is 0 Å². The lowest BCUT2D eigenvalue weighted by Crippen LogP contribution is -2.33. The van der Waals surface area contributed by atoms with E-state index in [0.29, 0.717) is 19.8 Å². The molecule has 0 saturated carbocycles. The normalized spacial score (nSPS) is 10.8. The molecule has 0 spiro atoms. The zero-order chi connectivity index (χ0) is 13.2. The lowest BCUT2D eigenvalue weighted by atomic mass is 10.3. The molecule has 0 aliphatic rings. The summed E-state index contributed by atoms with van der Waals surface area (Å²) >= 11 is 0. The third-order valence-electron chi connectivity index (χ3n) is 2.58. The summed E-state index contributed by atoms with van der Waals surface area (Å²) in [5, 5.41) is 8.95. The fourth-order valence-electron chi connectivity index (χ4n) is 1.55. The first-order chi connectivity index (χ1) is 8.76. The number of methoxy groups -OCH3 is 1. The number of ether oxygens (including phenoxy) is 2. The van der Waals surface area contributed by atoms with Crippen LogP contribution in [0.5, 0.6) is 5.75 Å². The number of nitrogens with zero attached hydrogens (tertiary/aromatic N) is 1. The zero-order valence-corrected chi connectivity index (χ0v) is 10.8. The molecule has 0 heterocycles. The predicted molar refractivity (Wildman–Crippen MR) is 71.8 cm³/mol. The third kappa shape index (κ3) is 5.86. The van der Waals surface area contributed by atoms with Crippen molar-refractivity contribution in [3.63, 3.8) is 0 Å². The van der Waals surface area contributed by atoms with Gasteiger partial charge in [0, 0.05) is 32.4 Å². The molecule has 102 valence electrons. The fourth-order valence-corrected chi connectivity index (χ4v) is 1.55. The molecule has 0 amide bonds. The van der Waals surface area contributed by atoms with Crippen LogP contribution in [0.2, 0.25) is 0 Å². The van der Waals surface area contributed by atoms with Crippen LogP contribution in [0, 0.1) is 0 Å². The Balaban J connectivity index is 2.26. The Morgan fingerprint density at radius 1 is 1.11 bits per heavy atom. The van der Waals surface area contributed by atoms with E-state index in [-0.39, 0.29) is 6.61 Å². The van der Waals surface area contributed by atoms with Crippen molar-refractivity contribution in [2.24, 2.45) is 0 Å². The Bertz CT molecular complexity index is 317. The summed E-state index contributed by atoms with van der Waals surface area (Å²) in [6, 6.07) is 7.32. The van der Waals surface area contributed by atoms with E-state index in [1.54, 1.807) is 7.11 Å². The highest BCUT2D eigenvalue weighted by Crippen LogP contribution is 2.12. The summed E-state index contributed by atoms with van der Waals surface area (Å²) < 4.78 is 10.6. The minimum absolute atomic E-state index is 0.144. The largest absolute Gasteiger partial charge is 0.492 e. The second-order valence-corrected chi connectivity index (χ2v) is 3.98. The maximum atomic E-state index is 8.95. The molecule has 1 aromatic rings. The van der Waals surface area contributed by atoms with Crippen LogP contribution in [-0.2, 0) is 4.74 Å². The van der Waals surface area contributed by atoms with Gasteiger partial charge in [-0.1, -0.05) is 0 Å². The molecular formula is C13H22N2O3. The van der Waals surface area contributed by atoms with Gasteiger partial charge in [-0.05, 0) is 24.3 Å². The van der Waals surface area contributed by atoms with Crippen molar-refractivity contribution < 1.29 is 14.6 Å². The van der Waals surface area contributed by atoms with Gasteiger partial charge in [-0.25, -0.2) is 0 Å². The van der Waals surface area contributed by atoms with Gasteiger partial charge in [-0.15, -0.1) is 0 Å². The lowest BCUT2D eigenvalue weighted by Gasteiger charge is -2.20. The van der Waals surface area contributed by atoms with E-state index in [1.165, 1.54) is 0 Å². The van der Waals surface area contributed by atoms with Gasteiger partial charge in [0.2, 0.25) is 0 Å². The molecule has 0 atom stereocenters. The first-order valence-corrected chi connectivity index (χ1v) is 6.06. The van der Waals surface area contributed by atoms with Crippen molar-refractivity contribution in [1.82, 2.24) is 4.90 Å². The molecule has 1 aromatic carbocycles. The van der Waals surface area contributed by atoms with E-state index in [0.717, 1.165) is 24.5 Å². The molecule has 0 aromatic heterocycles. The van der Waals surface area contributed by atoms with Crippen LogP contribution in [0.1, 0.15) is 0 Å². The van der Waals surface area contributed by atoms with Crippen molar-refractivity contribution in [1.29, 1.82) is 0 Å². The van der Waals surface area contributed by atoms with Gasteiger partial charge < -0.3 is 20.3 Å². The van der Waals surface area contributed by atoms with E-state index in [1.807, 2.05) is 24.3 Å². The van der Waals surface area contributed by atoms with Gasteiger partial charge in [-0.2, -0.15) is 0 Å². The molecule has 18 heavy (non-hydrogen) atoms. The minimum atomic E-state index is 0.144. The summed E-state index contributed by atoms with van der Waals surface area (Å²) in [6.45, 7) is 3.56. The zero-order valence-electron chi connectivity index (χ0n) is 10.8. The molecule has 1 rings (SSSR count). The molecule has 3 N–H and O–H groups in total. The Kier molecular flexibility index (Phi) is 7.17. The second-order valence-electron chi connectivity index (χ2n) is 3.98. The Labute approximate surface area is 108 Å². The fraction of sp³-hybridized carbons (Fsp3) is 0.538. The van der Waals surface area contributed by atoms with Crippen LogP contribution in [0.25, 0.3) is 0 Å². The molecule has 0 radical (unpaired) electrons. The summed E-state index contributed by atoms with van der Waals surface area (Å²) in [6.07, 6.45) is 0. The van der Waals surface area contributed by atoms with Gasteiger partial charge in [0.1, 0.15) is 12.4 Å². The maximum absolute atomic E-state index is 8.95. The number of aliphatic hydroxyl groups excluding tert-OH is 1. The van der Waals surface area contributed by atoms with Crippen LogP contribution in [0.15, 0.2) is 24.3 Å². The van der Waals surface area contributed by atoms with Crippen LogP contribution >= 0.6 is 0 Å². The molecule has 0 fully saturated rings. The number of hydrogen-bond acceptors (Lipinski definition) is 5. The van der Waals surface area contributed by atoms with E-state index in [9.17, 15) is 0 Å². The number of aliphatic hydroxyl groups is 1. The van der Waals surface area contributed by atoms with Crippen LogP contribution in [-0.4, -0.2) is 56.6 Å². The standard InChI is InChI=1S/C13H22N2O3/c1-17-10-7-15(6-9-16)8-11-18-13-4-2-12(14)3-5-13/h2-5,16H,6-11,14H2,1H3. The van der Waals surface area contributed by atoms with Crippen molar-refractivity contribution in [2.45, 2.75) is 0 Å². The number of nitrogen functional groups attached to an aromatic ring is 1. The van der Waals surface area contributed by atoms with Gasteiger partial charge in [0.05, 0.1) is 13.2 Å². The average molecular weight is 254 g/mol. The highest BCUT2D eigenvalue weighted by molar-refractivity contribution is 5.41. The highest BCUT2D eigenvalue weighted by atomic mass is 16.5. The molecular weight excluding hydrogens is 232 g/mol. The summed E-state index contributed by atoms with van der Waals surface area (Å²) in [4.78, 5) is 2.10. The van der Waals surface area contributed by atoms with Gasteiger partial charge in [0.15, 0.2) is 0 Å². The van der Waals surface area contributed by atoms with Gasteiger partial charge >= 0.3 is 0 Å². The monoisotopic (exact) mass is 254 g/mol. The summed E-state index contributed by atoms with van der Waals surface area (Å²) in [5.41, 5.74) is 6.32. The molecule has 0 aliphatic heterocycles. The third-order valence-corrected chi connectivity index (χ3v) is 2.58. The Morgan fingerprint density at radius 2 is 1.78 bits per heavy atom. The van der Waals surface area contributed by atoms with E-state index >= 15 is 0 Å². The summed E-state index contributed by atoms with van der Waals surface area (Å²) in [5.74, 6) is 0.805. The van der Waals surface area contributed by atoms with E-state index in [2.05, 4.69) is 4.90 Å². The Hall–Kier alpha value is -1.30. The van der Waals surface area contributed by atoms with Crippen LogP contribution in [0.3, 0.4) is 0 Å². The quantitative estimate of drug-likeness (QED) is 0.631. The van der Waals surface area contributed by atoms with Gasteiger partial charge in [0.25, 0.3) is 0 Å². The highest BCUT2D eigenvalue weighted by Gasteiger charge is 2.04. The number of benzene rings is 1. The second kappa shape index (κ2) is 8.74. The first-order valence-electron chi connectivity index (χ1n) is 6.06. The molecule has 0 aliphatic carbocycles. The van der Waals surface area contributed by atoms with Crippen molar-refractivity contribution in [3.05, 3.63) is 24.3 Å². The minimum Gasteiger partial charge on any atom is -0.492 e. The SMILES string of the molecule is COCCN(CCO)CCOc1ccc(N)cc1. The number of rotatable bonds is 9. The van der Waals surface area contributed by atoms with Gasteiger partial charge in [-0.3, -0.25) is 4.90 Å². The molecule has 5 heteroatoms. The smallest absolute Gasteiger partial charge is 0.119 e. The Morgan fingerprint density at radius 3 is 2.39 bits per heavy atom. The number of anilines is 1. The number of hydrogen-bond donors (Lipinski definition) is 2. The molecule has 5 nitrogen and oxygen atoms in total. The average Bonchev–Trinajstić information content (AvgIpc) is 2.38. The van der Waals surface area contributed by atoms with Crippen LogP contribution < -0.4 is 10.5 Å². The molecule has 0 bridgehead atoms. The number of nitrogens with two attached hydrogens (primary N) is 1. The van der Waals surface area contributed by atoms with E-state index in [4.69, 9.17) is 20.3 Å². The van der Waals surface area contributed by atoms with Crippen molar-refractivity contribution in [3.8, 4) is 5.75 Å². The summed E-state index contributed by atoms with van der Waals surface area (Å²) in [7, 11) is 1.67. The molecule has 0 saturated heterocycles.